The van der Waals surface area contributed by atoms with Gasteiger partial charge in [-0.3, -0.25) is 0 Å². The fourth-order valence-corrected chi connectivity index (χ4v) is 2.84. The molecule has 2 rings (SSSR count). The molecule has 1 aromatic carbocycles. The second kappa shape index (κ2) is 7.47. The van der Waals surface area contributed by atoms with Gasteiger partial charge in [-0.25, -0.2) is 0 Å². The van der Waals surface area contributed by atoms with Crippen molar-refractivity contribution in [3.05, 3.63) is 45.9 Å². The molecule has 1 N–H and O–H groups in total. The van der Waals surface area contributed by atoms with Crippen LogP contribution in [0.2, 0.25) is 0 Å². The third-order valence-electron chi connectivity index (χ3n) is 2.87. The molecular formula is C15H21N3OS. The fraction of sp³-hybridized carbons (Fsp3) is 0.467. The van der Waals surface area contributed by atoms with E-state index in [-0.39, 0.29) is 6.10 Å². The summed E-state index contributed by atoms with van der Waals surface area (Å²) in [6.07, 6.45) is -0.132. The SMILES string of the molecule is COC(c1ccccc1)c1nnc(CNCC(C)C)s1. The number of nitrogens with one attached hydrogen (secondary N) is 1. The molecule has 0 radical (unpaired) electrons. The summed E-state index contributed by atoms with van der Waals surface area (Å²) >= 11 is 1.60. The van der Waals surface area contributed by atoms with E-state index in [1.54, 1.807) is 18.4 Å². The zero-order valence-corrected chi connectivity index (χ0v) is 13.0. The minimum Gasteiger partial charge on any atom is -0.369 e. The second-order valence-corrected chi connectivity index (χ2v) is 6.18. The van der Waals surface area contributed by atoms with Crippen LogP contribution in [-0.2, 0) is 11.3 Å². The van der Waals surface area contributed by atoms with E-state index in [0.717, 1.165) is 28.7 Å². The van der Waals surface area contributed by atoms with E-state index in [0.29, 0.717) is 5.92 Å². The van der Waals surface area contributed by atoms with E-state index >= 15 is 0 Å². The Balaban J connectivity index is 2.03. The minimum atomic E-state index is -0.132. The largest absolute Gasteiger partial charge is 0.369 e. The highest BCUT2D eigenvalue weighted by Gasteiger charge is 2.18. The predicted octanol–water partition coefficient (Wildman–Crippen LogP) is 3.02. The number of rotatable bonds is 7. The minimum absolute atomic E-state index is 0.132. The average Bonchev–Trinajstić information content (AvgIpc) is 2.89. The molecule has 2 aromatic rings. The van der Waals surface area contributed by atoms with Crippen molar-refractivity contribution in [2.45, 2.75) is 26.5 Å². The number of aromatic nitrogens is 2. The maximum atomic E-state index is 5.57. The molecule has 1 unspecified atom stereocenters. The van der Waals surface area contributed by atoms with Crippen molar-refractivity contribution in [2.24, 2.45) is 5.92 Å². The summed E-state index contributed by atoms with van der Waals surface area (Å²) in [6.45, 7) is 6.13. The van der Waals surface area contributed by atoms with Gasteiger partial charge >= 0.3 is 0 Å². The van der Waals surface area contributed by atoms with Crippen molar-refractivity contribution < 1.29 is 4.74 Å². The fourth-order valence-electron chi connectivity index (χ4n) is 1.92. The highest BCUT2D eigenvalue weighted by atomic mass is 32.1. The lowest BCUT2D eigenvalue weighted by Crippen LogP contribution is -2.18. The number of ether oxygens (including phenoxy) is 1. The molecule has 0 saturated carbocycles. The Morgan fingerprint density at radius 2 is 1.95 bits per heavy atom. The zero-order chi connectivity index (χ0) is 14.4. The zero-order valence-electron chi connectivity index (χ0n) is 12.2. The van der Waals surface area contributed by atoms with Gasteiger partial charge in [-0.15, -0.1) is 10.2 Å². The van der Waals surface area contributed by atoms with Crippen LogP contribution in [0.4, 0.5) is 0 Å². The van der Waals surface area contributed by atoms with Gasteiger partial charge in [-0.2, -0.15) is 0 Å². The van der Waals surface area contributed by atoms with Gasteiger partial charge in [0, 0.05) is 13.7 Å². The lowest BCUT2D eigenvalue weighted by atomic mass is 10.1. The molecule has 20 heavy (non-hydrogen) atoms. The van der Waals surface area contributed by atoms with Gasteiger partial charge in [-0.05, 0) is 18.0 Å². The highest BCUT2D eigenvalue weighted by molar-refractivity contribution is 7.11. The molecule has 0 saturated heterocycles. The number of hydrogen-bond donors (Lipinski definition) is 1. The van der Waals surface area contributed by atoms with Gasteiger partial charge in [0.05, 0.1) is 0 Å². The first-order valence-electron chi connectivity index (χ1n) is 6.81. The molecule has 0 bridgehead atoms. The molecule has 0 aliphatic heterocycles. The van der Waals surface area contributed by atoms with E-state index in [1.165, 1.54) is 0 Å². The molecule has 0 fully saturated rings. The summed E-state index contributed by atoms with van der Waals surface area (Å²) in [5, 5.41) is 13.8. The summed E-state index contributed by atoms with van der Waals surface area (Å²) < 4.78 is 5.57. The maximum Gasteiger partial charge on any atom is 0.151 e. The highest BCUT2D eigenvalue weighted by Crippen LogP contribution is 2.27. The second-order valence-electron chi connectivity index (χ2n) is 5.09. The smallest absolute Gasteiger partial charge is 0.151 e. The van der Waals surface area contributed by atoms with E-state index < -0.39 is 0 Å². The molecule has 1 aromatic heterocycles. The van der Waals surface area contributed by atoms with Crippen LogP contribution >= 0.6 is 11.3 Å². The molecule has 0 amide bonds. The van der Waals surface area contributed by atoms with Gasteiger partial charge in [0.2, 0.25) is 0 Å². The Hall–Kier alpha value is -1.30. The Kier molecular flexibility index (Phi) is 5.64. The lowest BCUT2D eigenvalue weighted by Gasteiger charge is -2.11. The summed E-state index contributed by atoms with van der Waals surface area (Å²) in [5.41, 5.74) is 1.10. The van der Waals surface area contributed by atoms with Gasteiger partial charge in [0.15, 0.2) is 5.01 Å². The third kappa shape index (κ3) is 4.10. The molecule has 1 atom stereocenters. The van der Waals surface area contributed by atoms with E-state index in [2.05, 4.69) is 29.4 Å². The van der Waals surface area contributed by atoms with Crippen LogP contribution < -0.4 is 5.32 Å². The van der Waals surface area contributed by atoms with Crippen LogP contribution in [-0.4, -0.2) is 23.9 Å². The predicted molar refractivity (Wildman–Crippen MR) is 81.7 cm³/mol. The summed E-state index contributed by atoms with van der Waals surface area (Å²) in [6, 6.07) is 10.1. The Morgan fingerprint density at radius 3 is 2.60 bits per heavy atom. The molecule has 1 heterocycles. The van der Waals surface area contributed by atoms with Crippen LogP contribution in [0.25, 0.3) is 0 Å². The first kappa shape index (κ1) is 15.1. The molecule has 0 spiro atoms. The normalized spacial score (nSPS) is 12.8. The lowest BCUT2D eigenvalue weighted by molar-refractivity contribution is 0.135. The molecule has 0 aliphatic rings. The van der Waals surface area contributed by atoms with Crippen molar-refractivity contribution >= 4 is 11.3 Å². The van der Waals surface area contributed by atoms with Gasteiger partial charge < -0.3 is 10.1 Å². The maximum absolute atomic E-state index is 5.57. The molecule has 0 aliphatic carbocycles. The van der Waals surface area contributed by atoms with Crippen molar-refractivity contribution in [1.29, 1.82) is 0 Å². The van der Waals surface area contributed by atoms with Crippen molar-refractivity contribution in [1.82, 2.24) is 15.5 Å². The van der Waals surface area contributed by atoms with Crippen LogP contribution in [0.1, 0.15) is 35.5 Å². The van der Waals surface area contributed by atoms with E-state index in [1.807, 2.05) is 30.3 Å². The summed E-state index contributed by atoms with van der Waals surface area (Å²) in [4.78, 5) is 0. The van der Waals surface area contributed by atoms with Crippen LogP contribution in [0.3, 0.4) is 0 Å². The van der Waals surface area contributed by atoms with Crippen molar-refractivity contribution in [2.75, 3.05) is 13.7 Å². The van der Waals surface area contributed by atoms with Crippen molar-refractivity contribution in [3.8, 4) is 0 Å². The molecule has 108 valence electrons. The standard InChI is InChI=1S/C15H21N3OS/c1-11(2)9-16-10-13-17-18-15(20-13)14(19-3)12-7-5-4-6-8-12/h4-8,11,14,16H,9-10H2,1-3H3. The van der Waals surface area contributed by atoms with E-state index in [9.17, 15) is 0 Å². The first-order valence-corrected chi connectivity index (χ1v) is 7.63. The van der Waals surface area contributed by atoms with Crippen molar-refractivity contribution in [3.63, 3.8) is 0 Å². The Bertz CT molecular complexity index is 513. The summed E-state index contributed by atoms with van der Waals surface area (Å²) in [7, 11) is 1.70. The molecular weight excluding hydrogens is 270 g/mol. The first-order chi connectivity index (χ1) is 9.70. The van der Waals surface area contributed by atoms with Crippen LogP contribution in [0.5, 0.6) is 0 Å². The Labute approximate surface area is 124 Å². The van der Waals surface area contributed by atoms with Crippen LogP contribution in [0.15, 0.2) is 30.3 Å². The molecule has 4 nitrogen and oxygen atoms in total. The van der Waals surface area contributed by atoms with Gasteiger partial charge in [0.25, 0.3) is 0 Å². The average molecular weight is 291 g/mol. The number of nitrogens with zero attached hydrogens (tertiary/aromatic N) is 2. The molecule has 5 heteroatoms. The Morgan fingerprint density at radius 1 is 1.20 bits per heavy atom. The number of hydrogen-bond acceptors (Lipinski definition) is 5. The van der Waals surface area contributed by atoms with E-state index in [4.69, 9.17) is 4.74 Å². The number of benzene rings is 1. The summed E-state index contributed by atoms with van der Waals surface area (Å²) in [5.74, 6) is 0.637. The monoisotopic (exact) mass is 291 g/mol. The number of methoxy groups -OCH3 is 1. The third-order valence-corrected chi connectivity index (χ3v) is 3.84. The van der Waals surface area contributed by atoms with Gasteiger partial charge in [0.1, 0.15) is 11.1 Å². The van der Waals surface area contributed by atoms with Gasteiger partial charge in [-0.1, -0.05) is 55.5 Å². The quantitative estimate of drug-likeness (QED) is 0.852. The topological polar surface area (TPSA) is 47.0 Å². The van der Waals surface area contributed by atoms with Crippen LogP contribution in [0, 0.1) is 5.92 Å².